The minimum atomic E-state index is -0.575. The van der Waals surface area contributed by atoms with Crippen LogP contribution in [0.1, 0.15) is 71.8 Å². The molecule has 1 saturated carbocycles. The Kier molecular flexibility index (Phi) is 6.90. The monoisotopic (exact) mass is 470 g/mol. The number of fused-ring (bicyclic) bond motifs is 2. The Hall–Kier alpha value is -2.61. The summed E-state index contributed by atoms with van der Waals surface area (Å²) in [5.74, 6) is 1.48. The van der Waals surface area contributed by atoms with Crippen LogP contribution in [0.25, 0.3) is 0 Å². The predicted octanol–water partition coefficient (Wildman–Crippen LogP) is 4.09. The minimum absolute atomic E-state index is 0.0115. The molecule has 8 heteroatoms. The zero-order valence-corrected chi connectivity index (χ0v) is 20.8. The molecule has 1 spiro atoms. The molecule has 0 aromatic carbocycles. The second kappa shape index (κ2) is 9.56. The molecular weight excluding hydrogens is 432 g/mol. The van der Waals surface area contributed by atoms with Crippen LogP contribution in [0.4, 0.5) is 11.5 Å². The number of carbonyl (C=O) groups is 2. The second-order valence-electron chi connectivity index (χ2n) is 11.0. The van der Waals surface area contributed by atoms with Gasteiger partial charge in [0.15, 0.2) is 5.88 Å². The molecule has 2 aliphatic heterocycles. The Bertz CT molecular complexity index is 941. The van der Waals surface area contributed by atoms with Crippen LogP contribution in [-0.4, -0.2) is 41.7 Å². The van der Waals surface area contributed by atoms with Gasteiger partial charge in [0.05, 0.1) is 11.1 Å². The first-order chi connectivity index (χ1) is 16.1. The summed E-state index contributed by atoms with van der Waals surface area (Å²) in [6.07, 6.45) is 7.12. The van der Waals surface area contributed by atoms with Gasteiger partial charge in [-0.2, -0.15) is 0 Å². The highest BCUT2D eigenvalue weighted by molar-refractivity contribution is 6.07. The molecule has 0 unspecified atom stereocenters. The number of aromatic nitrogens is 1. The fraction of sp³-hybridized carbons (Fsp3) is 0.654. The second-order valence-corrected chi connectivity index (χ2v) is 11.0. The SMILES string of the molecule is C=C(N[C@H](C(=O)Nc1cc2c(cn1)C1(CCOCC1)C(=O)N2)[C@H]1CC[C@H](C)CC1)OC(C)(C)C. The van der Waals surface area contributed by atoms with Crippen molar-refractivity contribution in [3.63, 3.8) is 0 Å². The van der Waals surface area contributed by atoms with Crippen molar-refractivity contribution in [2.45, 2.75) is 83.3 Å². The van der Waals surface area contributed by atoms with Crippen molar-refractivity contribution >= 4 is 23.3 Å². The molecule has 1 atom stereocenters. The number of ether oxygens (including phenoxy) is 2. The number of amides is 2. The van der Waals surface area contributed by atoms with E-state index in [0.29, 0.717) is 49.4 Å². The van der Waals surface area contributed by atoms with E-state index in [1.165, 1.54) is 0 Å². The van der Waals surface area contributed by atoms with E-state index in [9.17, 15) is 9.59 Å². The van der Waals surface area contributed by atoms with Crippen LogP contribution in [-0.2, 0) is 24.5 Å². The van der Waals surface area contributed by atoms with Crippen molar-refractivity contribution < 1.29 is 19.1 Å². The van der Waals surface area contributed by atoms with E-state index < -0.39 is 17.1 Å². The summed E-state index contributed by atoms with van der Waals surface area (Å²) in [4.78, 5) is 30.7. The Labute approximate surface area is 202 Å². The Morgan fingerprint density at radius 2 is 1.94 bits per heavy atom. The zero-order chi connectivity index (χ0) is 24.5. The zero-order valence-electron chi connectivity index (χ0n) is 20.8. The average molecular weight is 471 g/mol. The molecule has 3 N–H and O–H groups in total. The summed E-state index contributed by atoms with van der Waals surface area (Å²) in [7, 11) is 0. The summed E-state index contributed by atoms with van der Waals surface area (Å²) >= 11 is 0. The molecule has 1 aromatic heterocycles. The number of pyridine rings is 1. The van der Waals surface area contributed by atoms with Crippen LogP contribution in [0.2, 0.25) is 0 Å². The number of nitrogens with zero attached hydrogens (tertiary/aromatic N) is 1. The third-order valence-corrected chi connectivity index (χ3v) is 7.26. The largest absolute Gasteiger partial charge is 0.474 e. The van der Waals surface area contributed by atoms with E-state index in [1.54, 1.807) is 12.3 Å². The lowest BCUT2D eigenvalue weighted by Crippen LogP contribution is -2.47. The van der Waals surface area contributed by atoms with Crippen LogP contribution in [0, 0.1) is 11.8 Å². The van der Waals surface area contributed by atoms with E-state index in [0.717, 1.165) is 31.2 Å². The summed E-state index contributed by atoms with van der Waals surface area (Å²) in [6, 6.07) is 1.28. The topological polar surface area (TPSA) is 102 Å². The van der Waals surface area contributed by atoms with E-state index in [4.69, 9.17) is 9.47 Å². The van der Waals surface area contributed by atoms with Crippen LogP contribution in [0.5, 0.6) is 0 Å². The van der Waals surface area contributed by atoms with E-state index >= 15 is 0 Å². The maximum atomic E-state index is 13.4. The molecule has 34 heavy (non-hydrogen) atoms. The van der Waals surface area contributed by atoms with Crippen molar-refractivity contribution in [2.24, 2.45) is 11.8 Å². The molecule has 2 fully saturated rings. The van der Waals surface area contributed by atoms with E-state index in [2.05, 4.69) is 34.4 Å². The smallest absolute Gasteiger partial charge is 0.248 e. The molecule has 4 rings (SSSR count). The van der Waals surface area contributed by atoms with Crippen molar-refractivity contribution in [3.05, 3.63) is 30.3 Å². The molecule has 1 saturated heterocycles. The Morgan fingerprint density at radius 3 is 2.59 bits per heavy atom. The Morgan fingerprint density at radius 1 is 1.26 bits per heavy atom. The quantitative estimate of drug-likeness (QED) is 0.542. The van der Waals surface area contributed by atoms with Crippen LogP contribution in [0.15, 0.2) is 24.7 Å². The van der Waals surface area contributed by atoms with Gasteiger partial charge in [-0.15, -0.1) is 0 Å². The fourth-order valence-electron chi connectivity index (χ4n) is 5.38. The highest BCUT2D eigenvalue weighted by atomic mass is 16.5. The van der Waals surface area contributed by atoms with Crippen molar-refractivity contribution in [2.75, 3.05) is 23.8 Å². The fourth-order valence-corrected chi connectivity index (χ4v) is 5.38. The maximum Gasteiger partial charge on any atom is 0.248 e. The number of nitrogens with one attached hydrogen (secondary N) is 3. The van der Waals surface area contributed by atoms with Crippen LogP contribution >= 0.6 is 0 Å². The van der Waals surface area contributed by atoms with Crippen molar-refractivity contribution in [1.29, 1.82) is 0 Å². The molecule has 1 aliphatic carbocycles. The molecule has 2 amide bonds. The lowest BCUT2D eigenvalue weighted by molar-refractivity contribution is -0.124. The minimum Gasteiger partial charge on any atom is -0.474 e. The molecule has 1 aromatic rings. The van der Waals surface area contributed by atoms with Crippen molar-refractivity contribution in [3.8, 4) is 0 Å². The van der Waals surface area contributed by atoms with Gasteiger partial charge in [-0.1, -0.05) is 19.8 Å². The maximum absolute atomic E-state index is 13.4. The molecule has 8 nitrogen and oxygen atoms in total. The van der Waals surface area contributed by atoms with Gasteiger partial charge >= 0.3 is 0 Å². The number of anilines is 2. The number of hydrogen-bond donors (Lipinski definition) is 3. The van der Waals surface area contributed by atoms with Crippen LogP contribution in [0.3, 0.4) is 0 Å². The van der Waals surface area contributed by atoms with Gasteiger partial charge in [0.2, 0.25) is 11.8 Å². The molecule has 3 aliphatic rings. The summed E-state index contributed by atoms with van der Waals surface area (Å²) in [5.41, 5.74) is 0.621. The highest BCUT2D eigenvalue weighted by Crippen LogP contribution is 2.44. The Balaban J connectivity index is 1.50. The number of hydrogen-bond acceptors (Lipinski definition) is 6. The van der Waals surface area contributed by atoms with Gasteiger partial charge in [0.1, 0.15) is 17.5 Å². The van der Waals surface area contributed by atoms with Gasteiger partial charge in [-0.25, -0.2) is 4.98 Å². The molecule has 0 radical (unpaired) electrons. The normalized spacial score (nSPS) is 24.6. The first-order valence-corrected chi connectivity index (χ1v) is 12.4. The van der Waals surface area contributed by atoms with Gasteiger partial charge < -0.3 is 25.4 Å². The van der Waals surface area contributed by atoms with E-state index in [1.807, 2.05) is 20.8 Å². The number of carbonyl (C=O) groups excluding carboxylic acids is 2. The summed E-state index contributed by atoms with van der Waals surface area (Å²) < 4.78 is 11.3. The average Bonchev–Trinajstić information content (AvgIpc) is 3.02. The molecule has 3 heterocycles. The van der Waals surface area contributed by atoms with Gasteiger partial charge in [0, 0.05) is 31.0 Å². The summed E-state index contributed by atoms with van der Waals surface area (Å²) in [5, 5.41) is 9.20. The third kappa shape index (κ3) is 5.22. The number of rotatable bonds is 6. The molecular formula is C26H38N4O4. The lowest BCUT2D eigenvalue weighted by atomic mass is 9.76. The third-order valence-electron chi connectivity index (χ3n) is 7.26. The van der Waals surface area contributed by atoms with Gasteiger partial charge in [-0.3, -0.25) is 9.59 Å². The lowest BCUT2D eigenvalue weighted by Gasteiger charge is -2.34. The standard InChI is InChI=1S/C26H38N4O4/c1-16-6-8-18(9-7-16)22(28-17(2)34-25(3,4)5)23(31)30-21-14-20-19(15-27-21)26(24(32)29-20)10-12-33-13-11-26/h14-16,18,22,28H,2,6-13H2,1,3-5H3,(H,29,32)(H,27,30,31)/t16-,18-,22-/m0/s1. The molecule has 0 bridgehead atoms. The summed E-state index contributed by atoms with van der Waals surface area (Å²) in [6.45, 7) is 13.2. The highest BCUT2D eigenvalue weighted by Gasteiger charge is 2.48. The first-order valence-electron chi connectivity index (χ1n) is 12.4. The van der Waals surface area contributed by atoms with Gasteiger partial charge in [0.25, 0.3) is 0 Å². The first kappa shape index (κ1) is 24.5. The molecule has 186 valence electrons. The van der Waals surface area contributed by atoms with E-state index in [-0.39, 0.29) is 17.7 Å². The van der Waals surface area contributed by atoms with Crippen molar-refractivity contribution in [1.82, 2.24) is 10.3 Å². The van der Waals surface area contributed by atoms with Gasteiger partial charge in [-0.05, 0) is 64.9 Å². The van der Waals surface area contributed by atoms with Crippen LogP contribution < -0.4 is 16.0 Å². The predicted molar refractivity (Wildman–Crippen MR) is 131 cm³/mol.